The van der Waals surface area contributed by atoms with Crippen molar-refractivity contribution in [1.82, 2.24) is 4.98 Å². The Bertz CT molecular complexity index is 892. The molecule has 1 N–H and O–H groups in total. The number of benzene rings is 2. The minimum atomic E-state index is -0.385. The maximum absolute atomic E-state index is 12.2. The lowest BCUT2D eigenvalue weighted by molar-refractivity contribution is 0.0600. The second-order valence-electron chi connectivity index (χ2n) is 5.44. The van der Waals surface area contributed by atoms with Crippen molar-refractivity contribution in [1.29, 1.82) is 0 Å². The van der Waals surface area contributed by atoms with E-state index in [1.165, 1.54) is 7.11 Å². The molecule has 4 nitrogen and oxygen atoms in total. The fraction of sp³-hybridized carbons (Fsp3) is 0.158. The van der Waals surface area contributed by atoms with Gasteiger partial charge in [0.1, 0.15) is 5.56 Å². The molecule has 0 radical (unpaired) electrons. The summed E-state index contributed by atoms with van der Waals surface area (Å²) in [7, 11) is 1.38. The van der Waals surface area contributed by atoms with Crippen LogP contribution in [0.1, 0.15) is 21.6 Å². The number of esters is 1. The Kier molecular flexibility index (Phi) is 4.81. The van der Waals surface area contributed by atoms with E-state index in [1.54, 1.807) is 0 Å². The van der Waals surface area contributed by atoms with Gasteiger partial charge in [0, 0.05) is 16.4 Å². The number of aryl methyl sites for hydroxylation is 1. The van der Waals surface area contributed by atoms with Gasteiger partial charge in [-0.3, -0.25) is 4.98 Å². The fourth-order valence-corrected chi connectivity index (χ4v) is 2.93. The van der Waals surface area contributed by atoms with Crippen molar-refractivity contribution in [3.05, 3.63) is 69.8 Å². The van der Waals surface area contributed by atoms with Crippen LogP contribution in [-0.2, 0) is 11.3 Å². The Morgan fingerprint density at radius 1 is 1.17 bits per heavy atom. The van der Waals surface area contributed by atoms with Gasteiger partial charge < -0.3 is 10.1 Å². The molecule has 24 heavy (non-hydrogen) atoms. The first-order chi connectivity index (χ1) is 11.6. The molecule has 122 valence electrons. The number of halogens is 1. The molecule has 1 heterocycles. The van der Waals surface area contributed by atoms with Crippen molar-refractivity contribution in [3.8, 4) is 0 Å². The number of anilines is 1. The number of carbonyl (C=O) groups excluding carboxylic acids is 1. The number of hydrogen-bond donors (Lipinski definition) is 1. The van der Waals surface area contributed by atoms with Crippen LogP contribution in [0.2, 0.25) is 0 Å². The molecule has 0 spiro atoms. The normalized spacial score (nSPS) is 10.6. The maximum atomic E-state index is 12.2. The Labute approximate surface area is 149 Å². The van der Waals surface area contributed by atoms with Crippen molar-refractivity contribution in [2.75, 3.05) is 12.4 Å². The average Bonchev–Trinajstić information content (AvgIpc) is 2.60. The van der Waals surface area contributed by atoms with Gasteiger partial charge in [0.25, 0.3) is 0 Å². The molecule has 0 fully saturated rings. The van der Waals surface area contributed by atoms with E-state index in [0.29, 0.717) is 17.8 Å². The van der Waals surface area contributed by atoms with Crippen molar-refractivity contribution in [3.63, 3.8) is 0 Å². The molecule has 0 aliphatic carbocycles. The molecule has 5 heteroatoms. The van der Waals surface area contributed by atoms with Gasteiger partial charge in [0.05, 0.1) is 24.0 Å². The van der Waals surface area contributed by atoms with Gasteiger partial charge in [-0.15, -0.1) is 0 Å². The zero-order valence-corrected chi connectivity index (χ0v) is 15.1. The van der Waals surface area contributed by atoms with E-state index >= 15 is 0 Å². The number of fused-ring (bicyclic) bond motifs is 1. The summed E-state index contributed by atoms with van der Waals surface area (Å²) < 4.78 is 5.98. The molecule has 3 rings (SSSR count). The summed E-state index contributed by atoms with van der Waals surface area (Å²) in [4.78, 5) is 16.8. The molecule has 0 atom stereocenters. The highest BCUT2D eigenvalue weighted by atomic mass is 79.9. The summed E-state index contributed by atoms with van der Waals surface area (Å²) in [5.74, 6) is -0.385. The number of carbonyl (C=O) groups is 1. The van der Waals surface area contributed by atoms with Crippen LogP contribution in [0.15, 0.2) is 53.0 Å². The lowest BCUT2D eigenvalue weighted by atomic mass is 10.1. The second kappa shape index (κ2) is 7.01. The largest absolute Gasteiger partial charge is 0.465 e. The molecule has 2 aromatic carbocycles. The van der Waals surface area contributed by atoms with Gasteiger partial charge in [-0.1, -0.05) is 46.3 Å². The zero-order chi connectivity index (χ0) is 17.1. The van der Waals surface area contributed by atoms with Crippen LogP contribution in [0.5, 0.6) is 0 Å². The van der Waals surface area contributed by atoms with Crippen LogP contribution >= 0.6 is 15.9 Å². The molecule has 0 unspecified atom stereocenters. The number of pyridine rings is 1. The van der Waals surface area contributed by atoms with E-state index in [1.807, 2.05) is 55.5 Å². The highest BCUT2D eigenvalue weighted by Crippen LogP contribution is 2.29. The Hall–Kier alpha value is -2.40. The number of rotatable bonds is 4. The van der Waals surface area contributed by atoms with E-state index in [9.17, 15) is 4.79 Å². The van der Waals surface area contributed by atoms with E-state index in [2.05, 4.69) is 26.2 Å². The van der Waals surface area contributed by atoms with Gasteiger partial charge in [-0.2, -0.15) is 0 Å². The lowest BCUT2D eigenvalue weighted by Gasteiger charge is -2.16. The number of nitrogens with zero attached hydrogens (tertiary/aromatic N) is 1. The quantitative estimate of drug-likeness (QED) is 0.662. The third-order valence-corrected chi connectivity index (χ3v) is 4.37. The molecular formula is C19H17BrN2O2. The summed E-state index contributed by atoms with van der Waals surface area (Å²) in [6.45, 7) is 2.42. The third-order valence-electron chi connectivity index (χ3n) is 3.85. The summed E-state index contributed by atoms with van der Waals surface area (Å²) in [5, 5.41) is 4.30. The van der Waals surface area contributed by atoms with Crippen LogP contribution in [0, 0.1) is 6.92 Å². The Morgan fingerprint density at radius 3 is 2.58 bits per heavy atom. The predicted octanol–water partition coefficient (Wildman–Crippen LogP) is 4.70. The zero-order valence-electron chi connectivity index (χ0n) is 13.5. The molecule has 0 aliphatic heterocycles. The number of para-hydroxylation sites is 1. The maximum Gasteiger partial charge on any atom is 0.341 e. The van der Waals surface area contributed by atoms with E-state index in [0.717, 1.165) is 26.6 Å². The van der Waals surface area contributed by atoms with E-state index in [-0.39, 0.29) is 5.97 Å². The second-order valence-corrected chi connectivity index (χ2v) is 6.35. The minimum Gasteiger partial charge on any atom is -0.465 e. The van der Waals surface area contributed by atoms with Crippen LogP contribution in [0.3, 0.4) is 0 Å². The molecule has 1 aromatic heterocycles. The van der Waals surface area contributed by atoms with Gasteiger partial charge in [-0.05, 0) is 30.7 Å². The summed E-state index contributed by atoms with van der Waals surface area (Å²) in [5.41, 5.74) is 3.86. The molecule has 0 saturated heterocycles. The van der Waals surface area contributed by atoms with Gasteiger partial charge in [0.2, 0.25) is 0 Å². The highest BCUT2D eigenvalue weighted by molar-refractivity contribution is 9.10. The highest BCUT2D eigenvalue weighted by Gasteiger charge is 2.19. The number of methoxy groups -OCH3 is 1. The standard InChI is InChI=1S/C19H17BrN2O2/c1-12-17(19(23)24-2)18(15-5-3-4-6-16(15)22-12)21-11-13-7-9-14(20)10-8-13/h3-10H,11H2,1-2H3,(H,21,22). The third kappa shape index (κ3) is 3.26. The van der Waals surface area contributed by atoms with Crippen LogP contribution < -0.4 is 5.32 Å². The van der Waals surface area contributed by atoms with Crippen molar-refractivity contribution in [2.24, 2.45) is 0 Å². The summed E-state index contributed by atoms with van der Waals surface area (Å²) in [6, 6.07) is 15.8. The van der Waals surface area contributed by atoms with Crippen LogP contribution in [0.4, 0.5) is 5.69 Å². The molecule has 0 bridgehead atoms. The lowest BCUT2D eigenvalue weighted by Crippen LogP contribution is -2.12. The van der Waals surface area contributed by atoms with E-state index in [4.69, 9.17) is 4.74 Å². The number of aromatic nitrogens is 1. The average molecular weight is 385 g/mol. The monoisotopic (exact) mass is 384 g/mol. The van der Waals surface area contributed by atoms with Crippen LogP contribution in [-0.4, -0.2) is 18.1 Å². The summed E-state index contributed by atoms with van der Waals surface area (Å²) >= 11 is 3.43. The van der Waals surface area contributed by atoms with Gasteiger partial charge >= 0.3 is 5.97 Å². The Morgan fingerprint density at radius 2 is 1.88 bits per heavy atom. The first-order valence-corrected chi connectivity index (χ1v) is 8.35. The molecule has 3 aromatic rings. The summed E-state index contributed by atoms with van der Waals surface area (Å²) in [6.07, 6.45) is 0. The van der Waals surface area contributed by atoms with Crippen molar-refractivity contribution < 1.29 is 9.53 Å². The first-order valence-electron chi connectivity index (χ1n) is 7.56. The Balaban J connectivity index is 2.06. The minimum absolute atomic E-state index is 0.385. The smallest absolute Gasteiger partial charge is 0.341 e. The molecular weight excluding hydrogens is 368 g/mol. The van der Waals surface area contributed by atoms with Crippen LogP contribution in [0.25, 0.3) is 10.9 Å². The number of nitrogens with one attached hydrogen (secondary N) is 1. The van der Waals surface area contributed by atoms with Crippen molar-refractivity contribution in [2.45, 2.75) is 13.5 Å². The fourth-order valence-electron chi connectivity index (χ4n) is 2.66. The topological polar surface area (TPSA) is 51.2 Å². The molecule has 0 saturated carbocycles. The van der Waals surface area contributed by atoms with Crippen molar-refractivity contribution >= 4 is 38.5 Å². The van der Waals surface area contributed by atoms with Gasteiger partial charge in [-0.25, -0.2) is 4.79 Å². The molecule has 0 aliphatic rings. The number of hydrogen-bond acceptors (Lipinski definition) is 4. The first kappa shape index (κ1) is 16.5. The molecule has 0 amide bonds. The van der Waals surface area contributed by atoms with E-state index < -0.39 is 0 Å². The number of ether oxygens (including phenoxy) is 1. The van der Waals surface area contributed by atoms with Gasteiger partial charge in [0.15, 0.2) is 0 Å². The SMILES string of the molecule is COC(=O)c1c(C)nc2ccccc2c1NCc1ccc(Br)cc1. The predicted molar refractivity (Wildman–Crippen MR) is 99.3 cm³/mol.